The van der Waals surface area contributed by atoms with Gasteiger partial charge in [-0.3, -0.25) is 0 Å². The van der Waals surface area contributed by atoms with Crippen LogP contribution >= 0.6 is 0 Å². The van der Waals surface area contributed by atoms with Gasteiger partial charge in [0.05, 0.1) is 13.7 Å². The molecule has 1 rings (SSSR count). The van der Waals surface area contributed by atoms with Crippen molar-refractivity contribution in [1.82, 2.24) is 10.3 Å². The SMILES string of the molecule is CCCOCCNCc1cccnc1OC. The molecule has 0 aromatic carbocycles. The molecule has 4 heteroatoms. The molecule has 0 saturated carbocycles. The van der Waals surface area contributed by atoms with Crippen LogP contribution in [0, 0.1) is 0 Å². The van der Waals surface area contributed by atoms with E-state index in [1.54, 1.807) is 13.3 Å². The van der Waals surface area contributed by atoms with E-state index in [9.17, 15) is 0 Å². The Bertz CT molecular complexity index is 292. The highest BCUT2D eigenvalue weighted by atomic mass is 16.5. The molecule has 0 spiro atoms. The van der Waals surface area contributed by atoms with Gasteiger partial charge in [0.15, 0.2) is 0 Å². The van der Waals surface area contributed by atoms with Gasteiger partial charge in [0.25, 0.3) is 0 Å². The summed E-state index contributed by atoms with van der Waals surface area (Å²) in [7, 11) is 1.64. The first kappa shape index (κ1) is 12.9. The Morgan fingerprint density at radius 3 is 3.00 bits per heavy atom. The van der Waals surface area contributed by atoms with Crippen LogP contribution in [0.3, 0.4) is 0 Å². The van der Waals surface area contributed by atoms with Gasteiger partial charge in [0, 0.05) is 31.5 Å². The van der Waals surface area contributed by atoms with Crippen LogP contribution in [0.25, 0.3) is 0 Å². The summed E-state index contributed by atoms with van der Waals surface area (Å²) < 4.78 is 10.5. The molecular formula is C12H20N2O2. The maximum Gasteiger partial charge on any atom is 0.217 e. The van der Waals surface area contributed by atoms with Crippen LogP contribution in [0.4, 0.5) is 0 Å². The minimum absolute atomic E-state index is 0.685. The van der Waals surface area contributed by atoms with E-state index in [1.807, 2.05) is 12.1 Å². The second-order valence-corrected chi connectivity index (χ2v) is 3.46. The molecule has 16 heavy (non-hydrogen) atoms. The van der Waals surface area contributed by atoms with Crippen LogP contribution in [0.15, 0.2) is 18.3 Å². The summed E-state index contributed by atoms with van der Waals surface area (Å²) in [4.78, 5) is 4.13. The summed E-state index contributed by atoms with van der Waals surface area (Å²) in [5, 5.41) is 3.29. The Labute approximate surface area is 97.0 Å². The second kappa shape index (κ2) is 8.07. The smallest absolute Gasteiger partial charge is 0.217 e. The third kappa shape index (κ3) is 4.59. The lowest BCUT2D eigenvalue weighted by Crippen LogP contribution is -2.19. The van der Waals surface area contributed by atoms with Crippen molar-refractivity contribution < 1.29 is 9.47 Å². The predicted molar refractivity (Wildman–Crippen MR) is 63.6 cm³/mol. The number of pyridine rings is 1. The molecule has 0 atom stereocenters. The van der Waals surface area contributed by atoms with Crippen molar-refractivity contribution in [2.24, 2.45) is 0 Å². The number of nitrogens with one attached hydrogen (secondary N) is 1. The fourth-order valence-corrected chi connectivity index (χ4v) is 1.36. The van der Waals surface area contributed by atoms with Gasteiger partial charge in [-0.15, -0.1) is 0 Å². The van der Waals surface area contributed by atoms with Crippen LogP contribution in [-0.2, 0) is 11.3 Å². The largest absolute Gasteiger partial charge is 0.481 e. The molecule has 4 nitrogen and oxygen atoms in total. The van der Waals surface area contributed by atoms with Gasteiger partial charge in [-0.05, 0) is 12.5 Å². The topological polar surface area (TPSA) is 43.4 Å². The highest BCUT2D eigenvalue weighted by Gasteiger charge is 2.01. The predicted octanol–water partition coefficient (Wildman–Crippen LogP) is 1.61. The lowest BCUT2D eigenvalue weighted by molar-refractivity contribution is 0.136. The van der Waals surface area contributed by atoms with E-state index in [4.69, 9.17) is 9.47 Å². The van der Waals surface area contributed by atoms with Gasteiger partial charge in [-0.25, -0.2) is 4.98 Å². The Kier molecular flexibility index (Phi) is 6.53. The fraction of sp³-hybridized carbons (Fsp3) is 0.583. The minimum atomic E-state index is 0.685. The number of aromatic nitrogens is 1. The molecule has 0 unspecified atom stereocenters. The molecule has 0 saturated heterocycles. The lowest BCUT2D eigenvalue weighted by Gasteiger charge is -2.08. The third-order valence-corrected chi connectivity index (χ3v) is 2.13. The molecule has 0 amide bonds. The second-order valence-electron chi connectivity index (χ2n) is 3.46. The maximum absolute atomic E-state index is 5.37. The Morgan fingerprint density at radius 2 is 2.25 bits per heavy atom. The van der Waals surface area contributed by atoms with Crippen molar-refractivity contribution in [3.63, 3.8) is 0 Å². The summed E-state index contributed by atoms with van der Waals surface area (Å²) in [6, 6.07) is 3.92. The summed E-state index contributed by atoms with van der Waals surface area (Å²) in [6.45, 7) is 5.28. The van der Waals surface area contributed by atoms with Crippen molar-refractivity contribution in [2.45, 2.75) is 19.9 Å². The zero-order valence-corrected chi connectivity index (χ0v) is 10.0. The van der Waals surface area contributed by atoms with Crippen LogP contribution in [-0.4, -0.2) is 31.9 Å². The summed E-state index contributed by atoms with van der Waals surface area (Å²) in [5.41, 5.74) is 1.07. The Hall–Kier alpha value is -1.13. The fourth-order valence-electron chi connectivity index (χ4n) is 1.36. The molecule has 90 valence electrons. The third-order valence-electron chi connectivity index (χ3n) is 2.13. The van der Waals surface area contributed by atoms with E-state index in [1.165, 1.54) is 0 Å². The van der Waals surface area contributed by atoms with Gasteiger partial charge in [0.2, 0.25) is 5.88 Å². The van der Waals surface area contributed by atoms with E-state index in [0.29, 0.717) is 5.88 Å². The van der Waals surface area contributed by atoms with E-state index < -0.39 is 0 Å². The first-order chi connectivity index (χ1) is 7.88. The molecule has 0 aliphatic carbocycles. The molecule has 1 N–H and O–H groups in total. The van der Waals surface area contributed by atoms with Gasteiger partial charge >= 0.3 is 0 Å². The van der Waals surface area contributed by atoms with Gasteiger partial charge in [-0.1, -0.05) is 13.0 Å². The van der Waals surface area contributed by atoms with E-state index in [-0.39, 0.29) is 0 Å². The van der Waals surface area contributed by atoms with Crippen LogP contribution in [0.1, 0.15) is 18.9 Å². The zero-order valence-electron chi connectivity index (χ0n) is 10.0. The number of rotatable bonds is 8. The normalized spacial score (nSPS) is 10.4. The van der Waals surface area contributed by atoms with Gasteiger partial charge in [-0.2, -0.15) is 0 Å². The Balaban J connectivity index is 2.21. The molecule has 1 heterocycles. The molecule has 0 fully saturated rings. The highest BCUT2D eigenvalue weighted by molar-refractivity contribution is 5.24. The van der Waals surface area contributed by atoms with E-state index in [2.05, 4.69) is 17.2 Å². The number of methoxy groups -OCH3 is 1. The van der Waals surface area contributed by atoms with Crippen molar-refractivity contribution >= 4 is 0 Å². The van der Waals surface area contributed by atoms with Gasteiger partial charge in [0.1, 0.15) is 0 Å². The maximum atomic E-state index is 5.37. The highest BCUT2D eigenvalue weighted by Crippen LogP contribution is 2.12. The van der Waals surface area contributed by atoms with Crippen molar-refractivity contribution in [1.29, 1.82) is 0 Å². The summed E-state index contributed by atoms with van der Waals surface area (Å²) in [5.74, 6) is 0.685. The van der Waals surface area contributed by atoms with Crippen molar-refractivity contribution in [3.05, 3.63) is 23.9 Å². The molecular weight excluding hydrogens is 204 g/mol. The molecule has 0 aliphatic rings. The monoisotopic (exact) mass is 224 g/mol. The van der Waals surface area contributed by atoms with E-state index in [0.717, 1.165) is 38.3 Å². The van der Waals surface area contributed by atoms with Crippen molar-refractivity contribution in [3.8, 4) is 5.88 Å². The minimum Gasteiger partial charge on any atom is -0.481 e. The molecule has 1 aromatic rings. The van der Waals surface area contributed by atoms with E-state index >= 15 is 0 Å². The van der Waals surface area contributed by atoms with Crippen LogP contribution in [0.2, 0.25) is 0 Å². The molecule has 0 aliphatic heterocycles. The van der Waals surface area contributed by atoms with Crippen molar-refractivity contribution in [2.75, 3.05) is 26.9 Å². The number of ether oxygens (including phenoxy) is 2. The molecule has 1 aromatic heterocycles. The number of hydrogen-bond acceptors (Lipinski definition) is 4. The van der Waals surface area contributed by atoms with Crippen LogP contribution < -0.4 is 10.1 Å². The van der Waals surface area contributed by atoms with Gasteiger partial charge < -0.3 is 14.8 Å². The summed E-state index contributed by atoms with van der Waals surface area (Å²) in [6.07, 6.45) is 2.79. The molecule has 0 radical (unpaired) electrons. The summed E-state index contributed by atoms with van der Waals surface area (Å²) >= 11 is 0. The first-order valence-electron chi connectivity index (χ1n) is 5.64. The Morgan fingerprint density at radius 1 is 1.38 bits per heavy atom. The number of hydrogen-bond donors (Lipinski definition) is 1. The van der Waals surface area contributed by atoms with Crippen LogP contribution in [0.5, 0.6) is 5.88 Å². The average Bonchev–Trinajstić information content (AvgIpc) is 2.34. The lowest BCUT2D eigenvalue weighted by atomic mass is 10.2. The average molecular weight is 224 g/mol. The quantitative estimate of drug-likeness (QED) is 0.681. The zero-order chi connectivity index (χ0) is 11.6. The standard InChI is InChI=1S/C12H20N2O2/c1-3-8-16-9-7-13-10-11-5-4-6-14-12(11)15-2/h4-6,13H,3,7-10H2,1-2H3. The first-order valence-corrected chi connectivity index (χ1v) is 5.64. The molecule has 0 bridgehead atoms. The number of nitrogens with zero attached hydrogens (tertiary/aromatic N) is 1.